The van der Waals surface area contributed by atoms with E-state index in [1.807, 2.05) is 6.07 Å². The molecule has 0 aliphatic carbocycles. The minimum Gasteiger partial charge on any atom is -0.444 e. The van der Waals surface area contributed by atoms with Gasteiger partial charge in [-0.15, -0.1) is 13.2 Å². The molecular weight excluding hydrogens is 323 g/mol. The largest absolute Gasteiger partial charge is 0.522 e. The van der Waals surface area contributed by atoms with Crippen LogP contribution in [0.4, 0.5) is 18.0 Å². The molecule has 134 valence electrons. The number of likely N-dealkylation sites (tertiary alicyclic amines) is 1. The Balaban J connectivity index is 2.19. The summed E-state index contributed by atoms with van der Waals surface area (Å²) in [5.41, 5.74) is 0.0938. The first-order valence-electron chi connectivity index (χ1n) is 7.84. The molecular formula is C17H22F3NO3. The van der Waals surface area contributed by atoms with Crippen LogP contribution in [0.15, 0.2) is 30.3 Å². The molecule has 1 saturated heterocycles. The number of alkyl halides is 3. The Morgan fingerprint density at radius 2 is 1.79 bits per heavy atom. The van der Waals surface area contributed by atoms with Gasteiger partial charge in [0.2, 0.25) is 0 Å². The zero-order valence-electron chi connectivity index (χ0n) is 14.0. The maximum atomic E-state index is 12.5. The average Bonchev–Trinajstić information content (AvgIpc) is 2.44. The maximum Gasteiger partial charge on any atom is 0.522 e. The van der Waals surface area contributed by atoms with Gasteiger partial charge in [-0.05, 0) is 39.2 Å². The first kappa shape index (κ1) is 18.6. The van der Waals surface area contributed by atoms with Crippen molar-refractivity contribution in [2.45, 2.75) is 57.7 Å². The summed E-state index contributed by atoms with van der Waals surface area (Å²) < 4.78 is 47.1. The number of hydrogen-bond donors (Lipinski definition) is 0. The molecule has 2 rings (SSSR count). The van der Waals surface area contributed by atoms with Crippen molar-refractivity contribution in [2.24, 2.45) is 0 Å². The first-order valence-corrected chi connectivity index (χ1v) is 7.84. The van der Waals surface area contributed by atoms with Crippen LogP contribution < -0.4 is 0 Å². The second-order valence-corrected chi connectivity index (χ2v) is 6.81. The molecule has 1 aliphatic rings. The van der Waals surface area contributed by atoms with Gasteiger partial charge in [0.05, 0.1) is 12.1 Å². The van der Waals surface area contributed by atoms with E-state index in [4.69, 9.17) is 4.74 Å². The lowest BCUT2D eigenvalue weighted by molar-refractivity contribution is -0.346. The van der Waals surface area contributed by atoms with Crippen molar-refractivity contribution >= 4 is 6.09 Å². The molecule has 1 fully saturated rings. The zero-order chi connectivity index (χ0) is 18.0. The first-order chi connectivity index (χ1) is 11.1. The average molecular weight is 345 g/mol. The molecule has 24 heavy (non-hydrogen) atoms. The predicted octanol–water partition coefficient (Wildman–Crippen LogP) is 4.66. The van der Waals surface area contributed by atoms with E-state index in [0.29, 0.717) is 0 Å². The van der Waals surface area contributed by atoms with Crippen LogP contribution in [0.3, 0.4) is 0 Å². The quantitative estimate of drug-likeness (QED) is 0.782. The maximum absolute atomic E-state index is 12.5. The van der Waals surface area contributed by atoms with E-state index in [9.17, 15) is 18.0 Å². The third kappa shape index (κ3) is 5.40. The smallest absolute Gasteiger partial charge is 0.444 e. The Kier molecular flexibility index (Phi) is 5.42. The topological polar surface area (TPSA) is 38.8 Å². The summed E-state index contributed by atoms with van der Waals surface area (Å²) in [6.45, 7) is 5.40. The van der Waals surface area contributed by atoms with Crippen molar-refractivity contribution in [3.05, 3.63) is 35.9 Å². The third-order valence-corrected chi connectivity index (χ3v) is 3.67. The van der Waals surface area contributed by atoms with Gasteiger partial charge in [0.25, 0.3) is 0 Å². The molecule has 1 heterocycles. The third-order valence-electron chi connectivity index (χ3n) is 3.67. The number of amides is 1. The van der Waals surface area contributed by atoms with Crippen molar-refractivity contribution in [3.63, 3.8) is 0 Å². The molecule has 0 radical (unpaired) electrons. The number of hydrogen-bond acceptors (Lipinski definition) is 3. The van der Waals surface area contributed by atoms with Crippen LogP contribution in [-0.4, -0.2) is 35.6 Å². The molecule has 0 spiro atoms. The van der Waals surface area contributed by atoms with Gasteiger partial charge < -0.3 is 9.64 Å². The highest BCUT2D eigenvalue weighted by Crippen LogP contribution is 2.35. The molecule has 2 atom stereocenters. The molecule has 0 N–H and O–H groups in total. The summed E-state index contributed by atoms with van der Waals surface area (Å²) in [5, 5.41) is 0. The van der Waals surface area contributed by atoms with E-state index >= 15 is 0 Å². The van der Waals surface area contributed by atoms with Crippen LogP contribution in [0.5, 0.6) is 0 Å². The van der Waals surface area contributed by atoms with Gasteiger partial charge in [-0.1, -0.05) is 30.3 Å². The second-order valence-electron chi connectivity index (χ2n) is 6.81. The van der Waals surface area contributed by atoms with Crippen molar-refractivity contribution in [1.29, 1.82) is 0 Å². The molecule has 0 bridgehead atoms. The van der Waals surface area contributed by atoms with Crippen LogP contribution in [0, 0.1) is 0 Å². The summed E-state index contributed by atoms with van der Waals surface area (Å²) in [7, 11) is 0. The number of piperidine rings is 1. The number of nitrogens with zero attached hydrogens (tertiary/aromatic N) is 1. The van der Waals surface area contributed by atoms with Gasteiger partial charge >= 0.3 is 12.5 Å². The summed E-state index contributed by atoms with van der Waals surface area (Å²) in [6.07, 6.45) is -6.00. The van der Waals surface area contributed by atoms with Crippen LogP contribution in [0.2, 0.25) is 0 Å². The lowest BCUT2D eigenvalue weighted by Crippen LogP contribution is -2.46. The Morgan fingerprint density at radius 3 is 2.33 bits per heavy atom. The van der Waals surface area contributed by atoms with Crippen molar-refractivity contribution < 1.29 is 27.4 Å². The Labute approximate surface area is 139 Å². The number of benzene rings is 1. The molecule has 1 aromatic rings. The molecule has 0 unspecified atom stereocenters. The van der Waals surface area contributed by atoms with Gasteiger partial charge in [0.15, 0.2) is 0 Å². The lowest BCUT2D eigenvalue weighted by atomic mass is 9.93. The fourth-order valence-electron chi connectivity index (χ4n) is 2.76. The van der Waals surface area contributed by atoms with Crippen LogP contribution in [0.25, 0.3) is 0 Å². The number of rotatable bonds is 2. The van der Waals surface area contributed by atoms with E-state index in [0.717, 1.165) is 5.56 Å². The summed E-state index contributed by atoms with van der Waals surface area (Å²) in [6, 6.07) is 8.46. The van der Waals surface area contributed by atoms with E-state index in [1.165, 1.54) is 4.90 Å². The van der Waals surface area contributed by atoms with E-state index < -0.39 is 30.2 Å². The normalized spacial score (nSPS) is 22.3. The second kappa shape index (κ2) is 7.01. The zero-order valence-corrected chi connectivity index (χ0v) is 14.0. The number of ether oxygens (including phenoxy) is 2. The Morgan fingerprint density at radius 1 is 1.17 bits per heavy atom. The summed E-state index contributed by atoms with van der Waals surface area (Å²) in [4.78, 5) is 13.9. The van der Waals surface area contributed by atoms with Crippen LogP contribution >= 0.6 is 0 Å². The highest BCUT2D eigenvalue weighted by Gasteiger charge is 2.40. The standard InChI is InChI=1S/C17H22F3NO3/c1-16(2,3)24-15(22)21-10-9-13(23-17(18,19)20)11-14(21)12-7-5-4-6-8-12/h4-8,13-14H,9-11H2,1-3H3/t13-,14-/m1/s1. The van der Waals surface area contributed by atoms with Gasteiger partial charge in [0.1, 0.15) is 5.60 Å². The highest BCUT2D eigenvalue weighted by atomic mass is 19.4. The Hall–Kier alpha value is -1.76. The van der Waals surface area contributed by atoms with E-state index in [-0.39, 0.29) is 19.4 Å². The van der Waals surface area contributed by atoms with Gasteiger partial charge in [-0.2, -0.15) is 0 Å². The summed E-state index contributed by atoms with van der Waals surface area (Å²) in [5.74, 6) is 0. The van der Waals surface area contributed by atoms with E-state index in [1.54, 1.807) is 45.0 Å². The van der Waals surface area contributed by atoms with Gasteiger partial charge in [-0.3, -0.25) is 4.74 Å². The molecule has 1 aliphatic heterocycles. The fourth-order valence-corrected chi connectivity index (χ4v) is 2.76. The monoisotopic (exact) mass is 345 g/mol. The van der Waals surface area contributed by atoms with Gasteiger partial charge in [-0.25, -0.2) is 4.79 Å². The fraction of sp³-hybridized carbons (Fsp3) is 0.588. The molecule has 0 saturated carbocycles. The minimum absolute atomic E-state index is 0.0722. The highest BCUT2D eigenvalue weighted by molar-refractivity contribution is 5.69. The lowest BCUT2D eigenvalue weighted by Gasteiger charge is -2.40. The molecule has 7 heteroatoms. The van der Waals surface area contributed by atoms with Gasteiger partial charge in [0, 0.05) is 6.54 Å². The summed E-state index contributed by atoms with van der Waals surface area (Å²) >= 11 is 0. The van der Waals surface area contributed by atoms with Crippen LogP contribution in [-0.2, 0) is 9.47 Å². The molecule has 0 aromatic heterocycles. The molecule has 1 amide bonds. The van der Waals surface area contributed by atoms with Crippen molar-refractivity contribution in [3.8, 4) is 0 Å². The van der Waals surface area contributed by atoms with Crippen molar-refractivity contribution in [1.82, 2.24) is 4.90 Å². The predicted molar refractivity (Wildman–Crippen MR) is 82.3 cm³/mol. The number of halogens is 3. The van der Waals surface area contributed by atoms with E-state index in [2.05, 4.69) is 4.74 Å². The SMILES string of the molecule is CC(C)(C)OC(=O)N1CC[C@@H](OC(F)(F)F)C[C@@H]1c1ccccc1. The number of carbonyl (C=O) groups excluding carboxylic acids is 1. The molecule has 1 aromatic carbocycles. The Bertz CT molecular complexity index is 554. The number of carbonyl (C=O) groups is 1. The van der Waals surface area contributed by atoms with Crippen LogP contribution in [0.1, 0.15) is 45.2 Å². The van der Waals surface area contributed by atoms with Crippen molar-refractivity contribution in [2.75, 3.05) is 6.54 Å². The minimum atomic E-state index is -4.68. The molecule has 4 nitrogen and oxygen atoms in total.